The maximum absolute atomic E-state index is 12.7. The van der Waals surface area contributed by atoms with E-state index in [1.54, 1.807) is 18.2 Å². The van der Waals surface area contributed by atoms with Crippen molar-refractivity contribution in [2.24, 2.45) is 0 Å². The zero-order valence-electron chi connectivity index (χ0n) is 15.0. The largest absolute Gasteiger partial charge is 0.444 e. The first kappa shape index (κ1) is 19.9. The Bertz CT molecular complexity index is 528. The van der Waals surface area contributed by atoms with Gasteiger partial charge in [0.15, 0.2) is 0 Å². The fourth-order valence-corrected chi connectivity index (χ4v) is 2.99. The Morgan fingerprint density at radius 2 is 1.58 bits per heavy atom. The van der Waals surface area contributed by atoms with E-state index in [0.717, 1.165) is 25.7 Å². The van der Waals surface area contributed by atoms with E-state index in [1.807, 2.05) is 4.90 Å². The van der Waals surface area contributed by atoms with Crippen LogP contribution in [0.2, 0.25) is 0 Å². The minimum absolute atomic E-state index is 0.0260. The standard InChI is InChI=1S/C18H28N2O4/c1-5-15(6-2)19(16(7-3)8-4)18(21)24-13-14-11-9-10-12-17(14)20(22)23/h9-12,15-16H,5-8,13H2,1-4H3. The summed E-state index contributed by atoms with van der Waals surface area (Å²) in [7, 11) is 0. The number of benzene rings is 1. The second kappa shape index (κ2) is 9.90. The summed E-state index contributed by atoms with van der Waals surface area (Å²) in [6.07, 6.45) is 3.03. The third-order valence-corrected chi connectivity index (χ3v) is 4.42. The van der Waals surface area contributed by atoms with Crippen molar-refractivity contribution in [2.75, 3.05) is 0 Å². The summed E-state index contributed by atoms with van der Waals surface area (Å²) in [5.74, 6) is 0. The molecule has 0 bridgehead atoms. The van der Waals surface area contributed by atoms with Gasteiger partial charge in [-0.25, -0.2) is 4.79 Å². The first-order chi connectivity index (χ1) is 11.5. The van der Waals surface area contributed by atoms with Crippen molar-refractivity contribution in [3.63, 3.8) is 0 Å². The van der Waals surface area contributed by atoms with Gasteiger partial charge in [0, 0.05) is 18.2 Å². The molecular formula is C18H28N2O4. The third kappa shape index (κ3) is 4.94. The molecule has 0 aliphatic carbocycles. The molecule has 1 aromatic rings. The molecule has 0 aromatic heterocycles. The van der Waals surface area contributed by atoms with Crippen LogP contribution in [0.25, 0.3) is 0 Å². The summed E-state index contributed by atoms with van der Waals surface area (Å²) in [6, 6.07) is 6.58. The number of carbonyl (C=O) groups excluding carboxylic acids is 1. The Kier molecular flexibility index (Phi) is 8.22. The quantitative estimate of drug-likeness (QED) is 0.474. The summed E-state index contributed by atoms with van der Waals surface area (Å²) < 4.78 is 5.43. The Labute approximate surface area is 143 Å². The lowest BCUT2D eigenvalue weighted by Crippen LogP contribution is -2.46. The number of hydrogen-bond donors (Lipinski definition) is 0. The van der Waals surface area contributed by atoms with Crippen LogP contribution in [0.15, 0.2) is 24.3 Å². The lowest BCUT2D eigenvalue weighted by molar-refractivity contribution is -0.385. The predicted octanol–water partition coefficient (Wildman–Crippen LogP) is 4.91. The van der Waals surface area contributed by atoms with Gasteiger partial charge >= 0.3 is 6.09 Å². The van der Waals surface area contributed by atoms with Crippen LogP contribution >= 0.6 is 0 Å². The molecule has 6 nitrogen and oxygen atoms in total. The van der Waals surface area contributed by atoms with Crippen LogP contribution in [0.3, 0.4) is 0 Å². The topological polar surface area (TPSA) is 72.7 Å². The maximum Gasteiger partial charge on any atom is 0.410 e. The van der Waals surface area contributed by atoms with Crippen LogP contribution in [0, 0.1) is 10.1 Å². The zero-order chi connectivity index (χ0) is 18.1. The molecule has 24 heavy (non-hydrogen) atoms. The van der Waals surface area contributed by atoms with Crippen molar-refractivity contribution < 1.29 is 14.5 Å². The number of rotatable bonds is 9. The van der Waals surface area contributed by atoms with Gasteiger partial charge in [0.2, 0.25) is 0 Å². The summed E-state index contributed by atoms with van der Waals surface area (Å²) in [6.45, 7) is 8.13. The van der Waals surface area contributed by atoms with Crippen LogP contribution in [0.5, 0.6) is 0 Å². The molecule has 0 atom stereocenters. The van der Waals surface area contributed by atoms with Crippen LogP contribution in [-0.2, 0) is 11.3 Å². The summed E-state index contributed by atoms with van der Waals surface area (Å²) in [5, 5.41) is 11.1. The highest BCUT2D eigenvalue weighted by Gasteiger charge is 2.28. The summed E-state index contributed by atoms with van der Waals surface area (Å²) in [4.78, 5) is 25.1. The molecule has 1 amide bonds. The number of para-hydroxylation sites is 1. The van der Waals surface area contributed by atoms with Crippen molar-refractivity contribution in [1.29, 1.82) is 0 Å². The van der Waals surface area contributed by atoms with Crippen molar-refractivity contribution >= 4 is 11.8 Å². The molecule has 0 heterocycles. The van der Waals surface area contributed by atoms with E-state index in [9.17, 15) is 14.9 Å². The number of amides is 1. The van der Waals surface area contributed by atoms with Gasteiger partial charge in [-0.05, 0) is 31.7 Å². The number of carbonyl (C=O) groups is 1. The fourth-order valence-electron chi connectivity index (χ4n) is 2.99. The summed E-state index contributed by atoms with van der Waals surface area (Å²) >= 11 is 0. The molecule has 1 aromatic carbocycles. The highest BCUT2D eigenvalue weighted by molar-refractivity contribution is 5.68. The Balaban J connectivity index is 2.91. The van der Waals surface area contributed by atoms with Gasteiger partial charge in [-0.2, -0.15) is 0 Å². The van der Waals surface area contributed by atoms with Crippen LogP contribution < -0.4 is 0 Å². The number of ether oxygens (including phenoxy) is 1. The second-order valence-corrected chi connectivity index (χ2v) is 5.79. The maximum atomic E-state index is 12.7. The Morgan fingerprint density at radius 3 is 2.04 bits per heavy atom. The SMILES string of the molecule is CCC(CC)N(C(=O)OCc1ccccc1[N+](=O)[O-])C(CC)CC. The first-order valence-electron chi connectivity index (χ1n) is 8.67. The van der Waals surface area contributed by atoms with Gasteiger partial charge < -0.3 is 9.64 Å². The van der Waals surface area contributed by atoms with E-state index < -0.39 is 11.0 Å². The molecule has 0 saturated heterocycles. The third-order valence-electron chi connectivity index (χ3n) is 4.42. The van der Waals surface area contributed by atoms with E-state index in [2.05, 4.69) is 27.7 Å². The molecule has 0 aliphatic rings. The molecule has 0 aliphatic heterocycles. The van der Waals surface area contributed by atoms with Crippen LogP contribution in [0.1, 0.15) is 58.9 Å². The molecule has 0 spiro atoms. The van der Waals surface area contributed by atoms with Crippen molar-refractivity contribution in [2.45, 2.75) is 72.1 Å². The number of nitro groups is 1. The van der Waals surface area contributed by atoms with E-state index in [1.165, 1.54) is 6.07 Å². The monoisotopic (exact) mass is 336 g/mol. The van der Waals surface area contributed by atoms with E-state index in [4.69, 9.17) is 4.74 Å². The van der Waals surface area contributed by atoms with Crippen molar-refractivity contribution in [3.8, 4) is 0 Å². The van der Waals surface area contributed by atoms with Gasteiger partial charge in [-0.1, -0.05) is 39.8 Å². The first-order valence-corrected chi connectivity index (χ1v) is 8.67. The molecule has 1 rings (SSSR count). The van der Waals surface area contributed by atoms with E-state index in [-0.39, 0.29) is 24.4 Å². The lowest BCUT2D eigenvalue weighted by Gasteiger charge is -2.36. The molecular weight excluding hydrogens is 308 g/mol. The minimum Gasteiger partial charge on any atom is -0.444 e. The fraction of sp³-hybridized carbons (Fsp3) is 0.611. The predicted molar refractivity (Wildman–Crippen MR) is 93.9 cm³/mol. The van der Waals surface area contributed by atoms with Crippen LogP contribution in [0.4, 0.5) is 10.5 Å². The molecule has 134 valence electrons. The summed E-state index contributed by atoms with van der Waals surface area (Å²) in [5.41, 5.74) is 0.381. The highest BCUT2D eigenvalue weighted by Crippen LogP contribution is 2.22. The molecule has 6 heteroatoms. The average molecular weight is 336 g/mol. The molecule has 0 fully saturated rings. The number of nitro benzene ring substituents is 1. The van der Waals surface area contributed by atoms with Gasteiger partial charge in [0.05, 0.1) is 10.5 Å². The normalized spacial score (nSPS) is 10.9. The van der Waals surface area contributed by atoms with Crippen molar-refractivity contribution in [3.05, 3.63) is 39.9 Å². The smallest absolute Gasteiger partial charge is 0.410 e. The van der Waals surface area contributed by atoms with Gasteiger partial charge in [0.25, 0.3) is 5.69 Å². The lowest BCUT2D eigenvalue weighted by atomic mass is 10.0. The number of nitrogens with zero attached hydrogens (tertiary/aromatic N) is 2. The van der Waals surface area contributed by atoms with Gasteiger partial charge in [-0.15, -0.1) is 0 Å². The van der Waals surface area contributed by atoms with Crippen molar-refractivity contribution in [1.82, 2.24) is 4.90 Å². The van der Waals surface area contributed by atoms with Crippen LogP contribution in [-0.4, -0.2) is 28.0 Å². The number of hydrogen-bond acceptors (Lipinski definition) is 4. The molecule has 0 N–H and O–H groups in total. The van der Waals surface area contributed by atoms with E-state index in [0.29, 0.717) is 5.56 Å². The van der Waals surface area contributed by atoms with E-state index >= 15 is 0 Å². The highest BCUT2D eigenvalue weighted by atomic mass is 16.6. The average Bonchev–Trinajstić information content (AvgIpc) is 2.60. The molecule has 0 radical (unpaired) electrons. The van der Waals surface area contributed by atoms with Gasteiger partial charge in [0.1, 0.15) is 6.61 Å². The minimum atomic E-state index is -0.456. The molecule has 0 unspecified atom stereocenters. The molecule has 0 saturated carbocycles. The zero-order valence-corrected chi connectivity index (χ0v) is 15.0. The Morgan fingerprint density at radius 1 is 1.08 bits per heavy atom. The second-order valence-electron chi connectivity index (χ2n) is 5.79. The Hall–Kier alpha value is -2.11. The van der Waals surface area contributed by atoms with Gasteiger partial charge in [-0.3, -0.25) is 10.1 Å².